The van der Waals surface area contributed by atoms with Crippen LogP contribution in [0.1, 0.15) is 22.3 Å². The van der Waals surface area contributed by atoms with E-state index >= 15 is 0 Å². The molecular formula is C55H34. The van der Waals surface area contributed by atoms with Crippen LogP contribution in [-0.4, -0.2) is 0 Å². The monoisotopic (exact) mass is 694 g/mol. The van der Waals surface area contributed by atoms with Gasteiger partial charge in [-0.15, -0.1) is 0 Å². The summed E-state index contributed by atoms with van der Waals surface area (Å²) in [5.74, 6) is 0. The van der Waals surface area contributed by atoms with Crippen LogP contribution in [0.25, 0.3) is 87.2 Å². The molecule has 0 amide bonds. The molecule has 0 radical (unpaired) electrons. The van der Waals surface area contributed by atoms with Crippen LogP contribution < -0.4 is 0 Å². The molecule has 0 heterocycles. The largest absolute Gasteiger partial charge is 0.0713 e. The van der Waals surface area contributed by atoms with Crippen molar-refractivity contribution in [3.63, 3.8) is 0 Å². The summed E-state index contributed by atoms with van der Waals surface area (Å²) in [7, 11) is 0. The smallest absolute Gasteiger partial charge is 0.0622 e. The quantitative estimate of drug-likeness (QED) is 0.161. The molecule has 12 rings (SSSR count). The van der Waals surface area contributed by atoms with Crippen molar-refractivity contribution in [2.45, 2.75) is 5.41 Å². The fourth-order valence-corrected chi connectivity index (χ4v) is 9.99. The van der Waals surface area contributed by atoms with E-state index in [9.17, 15) is 0 Å². The van der Waals surface area contributed by atoms with Crippen LogP contribution in [0.15, 0.2) is 206 Å². The highest BCUT2D eigenvalue weighted by Gasteiger charge is 2.46. The molecule has 0 aliphatic heterocycles. The number of hydrogen-bond acceptors (Lipinski definition) is 0. The van der Waals surface area contributed by atoms with Crippen molar-refractivity contribution in [2.24, 2.45) is 0 Å². The van der Waals surface area contributed by atoms with E-state index < -0.39 is 5.41 Å². The third-order valence-electron chi connectivity index (χ3n) is 12.4. The first-order valence-corrected chi connectivity index (χ1v) is 19.2. The van der Waals surface area contributed by atoms with Gasteiger partial charge in [0.15, 0.2) is 0 Å². The van der Waals surface area contributed by atoms with Gasteiger partial charge in [-0.1, -0.05) is 164 Å². The van der Waals surface area contributed by atoms with Gasteiger partial charge in [0.05, 0.1) is 5.41 Å². The summed E-state index contributed by atoms with van der Waals surface area (Å²) in [5.41, 5.74) is 12.5. The zero-order valence-corrected chi connectivity index (χ0v) is 30.1. The molecule has 0 saturated carbocycles. The topological polar surface area (TPSA) is 0 Å². The van der Waals surface area contributed by atoms with Gasteiger partial charge in [-0.25, -0.2) is 0 Å². The summed E-state index contributed by atoms with van der Waals surface area (Å²) in [6, 6.07) is 77.2. The van der Waals surface area contributed by atoms with E-state index in [1.807, 2.05) is 0 Å². The van der Waals surface area contributed by atoms with Crippen LogP contribution >= 0.6 is 0 Å². The molecule has 0 fully saturated rings. The highest BCUT2D eigenvalue weighted by Crippen LogP contribution is 2.57. The highest BCUT2D eigenvalue weighted by molar-refractivity contribution is 6.25. The van der Waals surface area contributed by atoms with E-state index in [0.717, 1.165) is 0 Å². The van der Waals surface area contributed by atoms with Crippen molar-refractivity contribution in [1.82, 2.24) is 0 Å². The highest BCUT2D eigenvalue weighted by atomic mass is 14.5. The van der Waals surface area contributed by atoms with Crippen LogP contribution in [0.4, 0.5) is 0 Å². The number of benzene rings is 11. The first-order valence-electron chi connectivity index (χ1n) is 19.2. The molecule has 1 aliphatic carbocycles. The Bertz CT molecular complexity index is 3190. The lowest BCUT2D eigenvalue weighted by Gasteiger charge is -2.34. The standard InChI is InChI=1S/C55H34/c1-3-15-45(16-4-1)55(46-17-5-2-6-18-46)51-21-10-9-19-48(51)50-34-49-38(33-52(50)55)14-11-20-47(49)44-31-41-26-24-39-29-43(30-40-25-27-42(32-44)54(41)53(39)40)37-23-22-35-12-7-8-13-36(35)28-37/h1-34H. The fraction of sp³-hybridized carbons (Fsp3) is 0.0182. The minimum Gasteiger partial charge on any atom is -0.0622 e. The molecule has 1 aliphatic rings. The predicted octanol–water partition coefficient (Wildman–Crippen LogP) is 14.6. The molecule has 0 saturated heterocycles. The molecule has 0 aromatic heterocycles. The van der Waals surface area contributed by atoms with E-state index in [4.69, 9.17) is 0 Å². The molecule has 55 heavy (non-hydrogen) atoms. The second-order valence-corrected chi connectivity index (χ2v) is 15.2. The maximum atomic E-state index is 2.48. The van der Waals surface area contributed by atoms with Crippen LogP contribution in [-0.2, 0) is 5.41 Å². The van der Waals surface area contributed by atoms with Crippen molar-refractivity contribution < 1.29 is 0 Å². The SMILES string of the molecule is c1ccc(C2(c3ccccc3)c3ccccc3-c3cc4c(-c5cc6ccc7cc(-c8ccc9ccccc9c8)cc8ccc(c5)c6c78)cccc4cc32)cc1. The average molecular weight is 695 g/mol. The third kappa shape index (κ3) is 4.34. The zero-order chi connectivity index (χ0) is 36.1. The molecule has 0 nitrogen and oxygen atoms in total. The Morgan fingerprint density at radius 2 is 0.764 bits per heavy atom. The maximum Gasteiger partial charge on any atom is 0.0713 e. The molecular weight excluding hydrogens is 661 g/mol. The molecule has 0 atom stereocenters. The Labute approximate surface area is 319 Å². The van der Waals surface area contributed by atoms with E-state index in [0.29, 0.717) is 0 Å². The molecule has 11 aromatic carbocycles. The van der Waals surface area contributed by atoms with Gasteiger partial charge < -0.3 is 0 Å². The minimum atomic E-state index is -0.413. The molecule has 0 unspecified atom stereocenters. The fourth-order valence-electron chi connectivity index (χ4n) is 9.99. The molecule has 254 valence electrons. The summed E-state index contributed by atoms with van der Waals surface area (Å²) in [6.07, 6.45) is 0. The average Bonchev–Trinajstić information content (AvgIpc) is 3.54. The maximum absolute atomic E-state index is 2.48. The minimum absolute atomic E-state index is 0.413. The third-order valence-corrected chi connectivity index (χ3v) is 12.4. The lowest BCUT2D eigenvalue weighted by Crippen LogP contribution is -2.28. The van der Waals surface area contributed by atoms with Gasteiger partial charge in [-0.05, 0) is 152 Å². The van der Waals surface area contributed by atoms with Gasteiger partial charge in [0, 0.05) is 0 Å². The summed E-state index contributed by atoms with van der Waals surface area (Å²) in [4.78, 5) is 0. The van der Waals surface area contributed by atoms with Gasteiger partial charge in [0.2, 0.25) is 0 Å². The lowest BCUT2D eigenvalue weighted by molar-refractivity contribution is 0.769. The van der Waals surface area contributed by atoms with E-state index in [-0.39, 0.29) is 0 Å². The van der Waals surface area contributed by atoms with Crippen LogP contribution in [0.3, 0.4) is 0 Å². The van der Waals surface area contributed by atoms with Crippen molar-refractivity contribution in [3.8, 4) is 33.4 Å². The van der Waals surface area contributed by atoms with Gasteiger partial charge in [0.25, 0.3) is 0 Å². The van der Waals surface area contributed by atoms with Gasteiger partial charge in [-0.3, -0.25) is 0 Å². The molecule has 0 N–H and O–H groups in total. The Balaban J connectivity index is 1.05. The first kappa shape index (κ1) is 30.4. The van der Waals surface area contributed by atoms with Crippen molar-refractivity contribution >= 4 is 53.9 Å². The lowest BCUT2D eigenvalue weighted by atomic mass is 9.67. The summed E-state index contributed by atoms with van der Waals surface area (Å²) in [6.45, 7) is 0. The first-order chi connectivity index (χ1) is 27.2. The summed E-state index contributed by atoms with van der Waals surface area (Å²) < 4.78 is 0. The Morgan fingerprint density at radius 1 is 0.255 bits per heavy atom. The number of fused-ring (bicyclic) bond motifs is 5. The van der Waals surface area contributed by atoms with E-state index in [1.54, 1.807) is 0 Å². The zero-order valence-electron chi connectivity index (χ0n) is 30.1. The van der Waals surface area contributed by atoms with Gasteiger partial charge in [-0.2, -0.15) is 0 Å². The van der Waals surface area contributed by atoms with Crippen LogP contribution in [0.5, 0.6) is 0 Å². The number of rotatable bonds is 4. The van der Waals surface area contributed by atoms with Crippen molar-refractivity contribution in [1.29, 1.82) is 0 Å². The van der Waals surface area contributed by atoms with Crippen LogP contribution in [0, 0.1) is 0 Å². The summed E-state index contributed by atoms with van der Waals surface area (Å²) in [5, 5.41) is 12.9. The second-order valence-electron chi connectivity index (χ2n) is 15.2. The van der Waals surface area contributed by atoms with E-state index in [1.165, 1.54) is 109 Å². The van der Waals surface area contributed by atoms with E-state index in [2.05, 4.69) is 206 Å². The predicted molar refractivity (Wildman–Crippen MR) is 233 cm³/mol. The van der Waals surface area contributed by atoms with Gasteiger partial charge >= 0.3 is 0 Å². The Hall–Kier alpha value is -7.02. The second kappa shape index (κ2) is 11.5. The Kier molecular flexibility index (Phi) is 6.36. The summed E-state index contributed by atoms with van der Waals surface area (Å²) >= 11 is 0. The molecule has 0 bridgehead atoms. The molecule has 11 aromatic rings. The molecule has 0 spiro atoms. The Morgan fingerprint density at radius 3 is 1.44 bits per heavy atom. The van der Waals surface area contributed by atoms with Crippen molar-refractivity contribution in [3.05, 3.63) is 229 Å². The normalized spacial score (nSPS) is 13.2. The number of hydrogen-bond donors (Lipinski definition) is 0. The molecule has 0 heteroatoms. The van der Waals surface area contributed by atoms with Crippen molar-refractivity contribution in [2.75, 3.05) is 0 Å². The van der Waals surface area contributed by atoms with Gasteiger partial charge in [0.1, 0.15) is 0 Å². The van der Waals surface area contributed by atoms with Crippen LogP contribution in [0.2, 0.25) is 0 Å².